The lowest BCUT2D eigenvalue weighted by atomic mass is 10.4. The van der Waals surface area contributed by atoms with Crippen LogP contribution in [0.4, 0.5) is 8.39 Å². The molecule has 0 aliphatic carbocycles. The maximum Gasteiger partial charge on any atom is 0.549 e. The minimum absolute atomic E-state index is 0.299. The fourth-order valence-corrected chi connectivity index (χ4v) is 0.285. The molecule has 0 aromatic carbocycles. The molecular weight excluding hydrogens is 217 g/mol. The molecule has 14 heavy (non-hydrogen) atoms. The van der Waals surface area contributed by atoms with Crippen LogP contribution in [0.15, 0.2) is 0 Å². The first-order valence-corrected chi connectivity index (χ1v) is 5.21. The van der Waals surface area contributed by atoms with Crippen LogP contribution in [0.1, 0.15) is 20.3 Å². The Balaban J connectivity index is 0. The molecule has 0 aliphatic rings. The van der Waals surface area contributed by atoms with Crippen molar-refractivity contribution in [2.75, 3.05) is 6.61 Å². The van der Waals surface area contributed by atoms with Gasteiger partial charge in [0.2, 0.25) is 0 Å². The van der Waals surface area contributed by atoms with E-state index in [-0.39, 0.29) is 0 Å². The van der Waals surface area contributed by atoms with Crippen molar-refractivity contribution in [2.24, 2.45) is 0 Å². The maximum absolute atomic E-state index is 10.1. The summed E-state index contributed by atoms with van der Waals surface area (Å²) in [5.74, 6) is 2.72. The Morgan fingerprint density at radius 2 is 2.00 bits per heavy atom. The van der Waals surface area contributed by atoms with Crippen LogP contribution < -0.4 is 0 Å². The first-order chi connectivity index (χ1) is 6.27. The fraction of sp³-hybridized carbons (Fsp3) is 0.714. The molecule has 0 radical (unpaired) electrons. The average Bonchev–Trinajstić information content (AvgIpc) is 1.94. The Labute approximate surface area is 81.6 Å². The summed E-state index contributed by atoms with van der Waals surface area (Å²) >= 11 is 0. The highest BCUT2D eigenvalue weighted by Gasteiger charge is 2.09. The Kier molecular flexibility index (Phi) is 10.1. The number of hydrogen-bond donors (Lipinski definition) is 2. The molecule has 0 amide bonds. The second-order valence-corrected chi connectivity index (χ2v) is 3.10. The zero-order chi connectivity index (χ0) is 11.6. The van der Waals surface area contributed by atoms with E-state index in [9.17, 15) is 8.39 Å². The summed E-state index contributed by atoms with van der Waals surface area (Å²) < 4.78 is 33.4. The van der Waals surface area contributed by atoms with E-state index in [1.807, 2.05) is 6.92 Å². The standard InChI is InChI=1S/C7H12O2.F2HO2P/c1-3-4-5-9-6-7(2)8;1-5(2,3)4/h7-8H,3,6H2,1-2H3;(H,3,4). The Bertz CT molecular complexity index is 219. The summed E-state index contributed by atoms with van der Waals surface area (Å²) in [7, 11) is -5.64. The minimum Gasteiger partial charge on any atom is -0.444 e. The summed E-state index contributed by atoms with van der Waals surface area (Å²) in [4.78, 5) is 6.74. The van der Waals surface area contributed by atoms with Crippen LogP contribution in [0.5, 0.6) is 0 Å². The third kappa shape index (κ3) is 42.4. The van der Waals surface area contributed by atoms with Crippen LogP contribution >= 0.6 is 7.99 Å². The molecule has 0 rings (SSSR count). The van der Waals surface area contributed by atoms with Gasteiger partial charge in [-0.3, -0.25) is 4.89 Å². The number of halogens is 2. The van der Waals surface area contributed by atoms with Crippen LogP contribution in [-0.2, 0) is 9.30 Å². The highest BCUT2D eigenvalue weighted by atomic mass is 31.2. The first kappa shape index (κ1) is 15.8. The third-order valence-corrected chi connectivity index (χ3v) is 0.646. The third-order valence-electron chi connectivity index (χ3n) is 0.646. The topological polar surface area (TPSA) is 66.8 Å². The monoisotopic (exact) mass is 230 g/mol. The van der Waals surface area contributed by atoms with E-state index in [0.29, 0.717) is 6.61 Å². The van der Waals surface area contributed by atoms with Crippen molar-refractivity contribution in [1.82, 2.24) is 0 Å². The van der Waals surface area contributed by atoms with E-state index in [1.54, 1.807) is 6.92 Å². The number of hydrogen-bond acceptors (Lipinski definition) is 3. The molecule has 7 heteroatoms. The zero-order valence-electron chi connectivity index (χ0n) is 7.91. The van der Waals surface area contributed by atoms with Gasteiger partial charge in [0.15, 0.2) is 0 Å². The van der Waals surface area contributed by atoms with Crippen molar-refractivity contribution in [1.29, 1.82) is 0 Å². The molecule has 4 nitrogen and oxygen atoms in total. The molecule has 0 aromatic heterocycles. The molecule has 0 saturated heterocycles. The van der Waals surface area contributed by atoms with Gasteiger partial charge in [0.1, 0.15) is 12.7 Å². The van der Waals surface area contributed by atoms with E-state index in [0.717, 1.165) is 6.42 Å². The highest BCUT2D eigenvalue weighted by molar-refractivity contribution is 7.46. The van der Waals surface area contributed by atoms with E-state index in [1.165, 1.54) is 0 Å². The largest absolute Gasteiger partial charge is 0.549 e. The van der Waals surface area contributed by atoms with Crippen LogP contribution in [0.2, 0.25) is 0 Å². The van der Waals surface area contributed by atoms with E-state index < -0.39 is 14.1 Å². The number of rotatable bonds is 2. The van der Waals surface area contributed by atoms with Gasteiger partial charge in [-0.05, 0) is 6.92 Å². The predicted octanol–water partition coefficient (Wildman–Crippen LogP) is 1.78. The summed E-state index contributed by atoms with van der Waals surface area (Å²) in [6.45, 7) is 3.90. The Morgan fingerprint density at radius 1 is 1.57 bits per heavy atom. The molecule has 1 atom stereocenters. The van der Waals surface area contributed by atoms with Gasteiger partial charge in [0.25, 0.3) is 0 Å². The quantitative estimate of drug-likeness (QED) is 0.560. The number of aliphatic hydroxyl groups is 1. The minimum atomic E-state index is -5.64. The van der Waals surface area contributed by atoms with Gasteiger partial charge in [-0.25, -0.2) is 4.57 Å². The van der Waals surface area contributed by atoms with Crippen molar-refractivity contribution in [3.05, 3.63) is 0 Å². The molecule has 0 aliphatic heterocycles. The number of aliphatic hydroxyl groups excluding tert-OH is 1. The van der Waals surface area contributed by atoms with Gasteiger partial charge in [-0.15, -0.1) is 8.39 Å². The summed E-state index contributed by atoms with van der Waals surface area (Å²) in [5, 5.41) is 8.66. The Morgan fingerprint density at radius 3 is 2.29 bits per heavy atom. The molecule has 0 bridgehead atoms. The molecule has 0 fully saturated rings. The smallest absolute Gasteiger partial charge is 0.444 e. The van der Waals surface area contributed by atoms with Crippen LogP contribution in [0.3, 0.4) is 0 Å². The van der Waals surface area contributed by atoms with Gasteiger partial charge in [-0.1, -0.05) is 12.8 Å². The molecule has 0 saturated carbocycles. The van der Waals surface area contributed by atoms with Crippen molar-refractivity contribution in [3.8, 4) is 12.0 Å². The first-order valence-electron chi connectivity index (χ1n) is 3.77. The van der Waals surface area contributed by atoms with Crippen molar-refractivity contribution < 1.29 is 27.7 Å². The average molecular weight is 230 g/mol. The van der Waals surface area contributed by atoms with Crippen LogP contribution in [0.25, 0.3) is 0 Å². The molecule has 0 heterocycles. The Hall–Kier alpha value is -0.630. The lowest BCUT2D eigenvalue weighted by Gasteiger charge is -1.98. The molecular formula is C7H13F2O4P. The fourth-order valence-electron chi connectivity index (χ4n) is 0.285. The molecule has 84 valence electrons. The van der Waals surface area contributed by atoms with Gasteiger partial charge in [-0.2, -0.15) is 0 Å². The van der Waals surface area contributed by atoms with Crippen molar-refractivity contribution in [2.45, 2.75) is 26.4 Å². The maximum atomic E-state index is 10.1. The lowest BCUT2D eigenvalue weighted by molar-refractivity contribution is 0.107. The SMILES string of the molecule is CCC#COCC(C)O.O=P(O)(F)F. The summed E-state index contributed by atoms with van der Waals surface area (Å²) in [6.07, 6.45) is 2.83. The van der Waals surface area contributed by atoms with Crippen LogP contribution in [-0.4, -0.2) is 22.7 Å². The number of ether oxygens (including phenoxy) is 1. The van der Waals surface area contributed by atoms with Crippen LogP contribution in [0, 0.1) is 12.0 Å². The van der Waals surface area contributed by atoms with Gasteiger partial charge < -0.3 is 9.84 Å². The van der Waals surface area contributed by atoms with Crippen molar-refractivity contribution >= 4 is 7.99 Å². The van der Waals surface area contributed by atoms with E-state index in [4.69, 9.17) is 19.3 Å². The molecule has 2 N–H and O–H groups in total. The van der Waals surface area contributed by atoms with E-state index in [2.05, 4.69) is 12.0 Å². The predicted molar refractivity (Wildman–Crippen MR) is 47.7 cm³/mol. The zero-order valence-corrected chi connectivity index (χ0v) is 8.80. The van der Waals surface area contributed by atoms with Gasteiger partial charge in [0, 0.05) is 6.42 Å². The second kappa shape index (κ2) is 8.95. The summed E-state index contributed by atoms with van der Waals surface area (Å²) in [5.41, 5.74) is 0. The van der Waals surface area contributed by atoms with E-state index >= 15 is 0 Å². The molecule has 0 spiro atoms. The second-order valence-electron chi connectivity index (χ2n) is 2.23. The highest BCUT2D eigenvalue weighted by Crippen LogP contribution is 2.43. The van der Waals surface area contributed by atoms with Gasteiger partial charge in [0.05, 0.1) is 6.10 Å². The normalized spacial score (nSPS) is 11.6. The molecule has 1 unspecified atom stereocenters. The van der Waals surface area contributed by atoms with Gasteiger partial charge >= 0.3 is 7.99 Å². The van der Waals surface area contributed by atoms with Crippen molar-refractivity contribution in [3.63, 3.8) is 0 Å². The molecule has 0 aromatic rings. The summed E-state index contributed by atoms with van der Waals surface area (Å²) in [6, 6.07) is 0. The lowest BCUT2D eigenvalue weighted by Crippen LogP contribution is -2.07.